The number of hydrogen-bond donors (Lipinski definition) is 4. The van der Waals surface area contributed by atoms with Crippen LogP contribution in [-0.2, 0) is 81.8 Å². The second kappa shape index (κ2) is 22.6. The minimum absolute atomic E-state index is 0.0140. The van der Waals surface area contributed by atoms with Crippen molar-refractivity contribution < 1.29 is 98.7 Å². The molecule has 2 amide bonds. The first-order chi connectivity index (χ1) is 39.6. The lowest BCUT2D eigenvalue weighted by Gasteiger charge is -2.32. The summed E-state index contributed by atoms with van der Waals surface area (Å²) in [4.78, 5) is 64.1. The third-order valence-corrected chi connectivity index (χ3v) is 19.0. The lowest BCUT2D eigenvalue weighted by Crippen LogP contribution is -2.40. The van der Waals surface area contributed by atoms with Gasteiger partial charge in [0.05, 0.1) is 33.9 Å². The molecule has 1 fully saturated rings. The van der Waals surface area contributed by atoms with Crippen LogP contribution in [0, 0.1) is 36.3 Å². The Labute approximate surface area is 495 Å². The van der Waals surface area contributed by atoms with E-state index >= 15 is 17.6 Å². The van der Waals surface area contributed by atoms with Gasteiger partial charge in [-0.25, -0.2) is 35.2 Å². The van der Waals surface area contributed by atoms with Crippen molar-refractivity contribution in [3.8, 4) is 28.7 Å². The molecule has 87 heavy (non-hydrogen) atoms. The molecule has 6 aromatic rings. The van der Waals surface area contributed by atoms with Gasteiger partial charge in [-0.05, 0) is 98.5 Å². The molecule has 2 aliphatic rings. The fraction of sp³-hybridized carbons (Fsp3) is 0.415. The zero-order valence-corrected chi connectivity index (χ0v) is 50.9. The van der Waals surface area contributed by atoms with E-state index in [1.807, 2.05) is 0 Å². The highest BCUT2D eigenvalue weighted by atomic mass is 35.5. The zero-order valence-electron chi connectivity index (χ0n) is 46.7. The van der Waals surface area contributed by atoms with Gasteiger partial charge in [0.15, 0.2) is 21.3 Å². The van der Waals surface area contributed by atoms with Crippen LogP contribution in [0.1, 0.15) is 103 Å². The highest BCUT2D eigenvalue weighted by Gasteiger charge is 2.68. The summed E-state index contributed by atoms with van der Waals surface area (Å²) < 4.78 is 232. The van der Waals surface area contributed by atoms with Gasteiger partial charge in [-0.2, -0.15) is 49.6 Å². The molecule has 2 unspecified atom stereocenters. The van der Waals surface area contributed by atoms with Crippen molar-refractivity contribution >= 4 is 75.2 Å². The summed E-state index contributed by atoms with van der Waals surface area (Å²) >= 11 is 6.80. The summed E-state index contributed by atoms with van der Waals surface area (Å²) in [6.45, 7) is 3.86. The van der Waals surface area contributed by atoms with Crippen molar-refractivity contribution in [2.75, 3.05) is 23.5 Å². The second-order valence-corrected chi connectivity index (χ2v) is 31.0. The highest BCUT2D eigenvalue weighted by molar-refractivity contribution is 7.93. The van der Waals surface area contributed by atoms with Crippen molar-refractivity contribution in [1.82, 2.24) is 29.9 Å². The molecular formula is C53H52ClF10N7O12P2S2. The molecule has 34 heteroatoms. The normalized spacial score (nSPS) is 17.2. The van der Waals surface area contributed by atoms with Crippen molar-refractivity contribution in [3.63, 3.8) is 0 Å². The molecule has 470 valence electrons. The molecule has 8 rings (SSSR count). The predicted molar refractivity (Wildman–Crippen MR) is 296 cm³/mol. The number of amides is 2. The number of sulfonamides is 1. The molecule has 0 bridgehead atoms. The maximum absolute atomic E-state index is 15.7. The van der Waals surface area contributed by atoms with Crippen LogP contribution < -0.4 is 14.1 Å². The Balaban J connectivity index is 1.36. The van der Waals surface area contributed by atoms with Gasteiger partial charge >= 0.3 is 20.2 Å². The van der Waals surface area contributed by atoms with Gasteiger partial charge in [0.25, 0.3) is 5.92 Å². The molecule has 4 N–H and O–H groups in total. The SMILES string of the molecule is Cc1cc(CP(C)(=O)O)c(C(C)(C)CC(=O)N(c2nn(CC(F)(F)F)c3c(-c4ccc(C#CC(C)(C)S(C)(=O)=O)nc4[C@H](Cc4cc(F)cc(F)c4)NC(=O)Cn4nc(C(F)(F)F)c5c4C(F)(F)C4C[C@H]54)ccc(Cl)c23)S(C)(=O)=O)c(OP(=O)(O)O)c1. The molecule has 0 aliphatic heterocycles. The number of alkyl halides is 8. The molecule has 19 nitrogen and oxygen atoms in total. The average molecular weight is 1330 g/mol. The van der Waals surface area contributed by atoms with Gasteiger partial charge in [0.1, 0.15) is 46.6 Å². The van der Waals surface area contributed by atoms with E-state index in [-0.39, 0.29) is 48.0 Å². The van der Waals surface area contributed by atoms with E-state index < -0.39 is 198 Å². The minimum atomic E-state index is -5.45. The van der Waals surface area contributed by atoms with Gasteiger partial charge < -0.3 is 14.7 Å². The van der Waals surface area contributed by atoms with Crippen molar-refractivity contribution in [2.24, 2.45) is 5.92 Å². The number of anilines is 1. The van der Waals surface area contributed by atoms with Gasteiger partial charge in [-0.15, -0.1) is 0 Å². The molecule has 3 heterocycles. The van der Waals surface area contributed by atoms with Crippen LogP contribution in [-0.4, -0.2) is 98.0 Å². The third-order valence-electron chi connectivity index (χ3n) is 14.3. The Bertz CT molecular complexity index is 4180. The summed E-state index contributed by atoms with van der Waals surface area (Å²) in [7, 11) is -18.6. The molecule has 0 spiro atoms. The quantitative estimate of drug-likeness (QED) is 0.0354. The number of hydrogen-bond acceptors (Lipinski definition) is 12. The fourth-order valence-electron chi connectivity index (χ4n) is 10.6. The molecule has 3 aromatic heterocycles. The Morgan fingerprint density at radius 1 is 0.920 bits per heavy atom. The lowest BCUT2D eigenvalue weighted by atomic mass is 9.78. The Kier molecular flexibility index (Phi) is 17.3. The zero-order chi connectivity index (χ0) is 65.1. The number of sulfone groups is 1. The second-order valence-electron chi connectivity index (χ2n) is 22.6. The summed E-state index contributed by atoms with van der Waals surface area (Å²) in [6, 6.07) is 6.81. The van der Waals surface area contributed by atoms with Crippen LogP contribution in [0.25, 0.3) is 22.0 Å². The first-order valence-corrected chi connectivity index (χ1v) is 33.5. The van der Waals surface area contributed by atoms with Crippen LogP contribution in [0.4, 0.5) is 49.7 Å². The lowest BCUT2D eigenvalue weighted by molar-refractivity contribution is -0.143. The molecule has 1 saturated carbocycles. The van der Waals surface area contributed by atoms with E-state index in [2.05, 4.69) is 32.3 Å². The predicted octanol–water partition coefficient (Wildman–Crippen LogP) is 10.1. The molecule has 0 saturated heterocycles. The number of aromatic nitrogens is 5. The minimum Gasteiger partial charge on any atom is -0.404 e. The van der Waals surface area contributed by atoms with E-state index in [1.165, 1.54) is 40.7 Å². The van der Waals surface area contributed by atoms with E-state index in [4.69, 9.17) is 16.1 Å². The Hall–Kier alpha value is -6.38. The van der Waals surface area contributed by atoms with E-state index in [0.717, 1.165) is 55.4 Å². The molecule has 0 radical (unpaired) electrons. The van der Waals surface area contributed by atoms with Crippen molar-refractivity contribution in [3.05, 3.63) is 122 Å². The van der Waals surface area contributed by atoms with Crippen molar-refractivity contribution in [1.29, 1.82) is 0 Å². The number of aryl methyl sites for hydroxylation is 1. The van der Waals surface area contributed by atoms with Gasteiger partial charge in [0, 0.05) is 65.2 Å². The monoisotopic (exact) mass is 1330 g/mol. The molecule has 2 aliphatic carbocycles. The number of benzene rings is 3. The number of halogens is 11. The maximum atomic E-state index is 15.7. The number of phosphoric acid groups is 1. The number of rotatable bonds is 18. The Morgan fingerprint density at radius 3 is 2.10 bits per heavy atom. The van der Waals surface area contributed by atoms with Crippen molar-refractivity contribution in [2.45, 2.75) is 114 Å². The molecule has 3 aromatic carbocycles. The number of fused-ring (bicyclic) bond motifs is 4. The topological polar surface area (TPSA) is 270 Å². The standard InChI is InChI=1S/C53H52ClF10N7O12P2S2/c1-26-15-28(24-84(6,74)75)43(38(16-26)83-85(76,77)78)49(2,3)22-40(73)71(87(8,81)82)48-42-36(54)12-11-33(45(42)70(68-48)25-51(57,58)59)32-10-9-31(13-14-50(4,5)86(7,79)80)65-44(32)37(19-27-17-29(55)20-30(56)18-27)66-39(72)23-69-47-41(46(67-69)53(62,63)64)34-21-35(34)52(47,60)61/h9-12,15-18,20,34-35,37H,19,21-25H2,1-8H3,(H,66,72)(H,74,75)(H2,76,77,78)/t34-,35?,37-/m0/s1. The number of carbonyl (C=O) groups is 2. The van der Waals surface area contributed by atoms with E-state index in [0.29, 0.717) is 12.3 Å². The summed E-state index contributed by atoms with van der Waals surface area (Å²) in [5.74, 6) is -8.57. The number of nitrogens with one attached hydrogen (secondary N) is 1. The number of pyridine rings is 1. The van der Waals surface area contributed by atoms with E-state index in [1.54, 1.807) is 0 Å². The highest BCUT2D eigenvalue weighted by Crippen LogP contribution is 2.68. The number of nitrogens with zero attached hydrogens (tertiary/aromatic N) is 6. The summed E-state index contributed by atoms with van der Waals surface area (Å²) in [5, 5.41) is 8.51. The fourth-order valence-corrected chi connectivity index (χ4v) is 13.3. The van der Waals surface area contributed by atoms with Crippen LogP contribution in [0.15, 0.2) is 54.6 Å². The van der Waals surface area contributed by atoms with Gasteiger partial charge in [-0.3, -0.25) is 33.3 Å². The number of phosphoric ester groups is 1. The maximum Gasteiger partial charge on any atom is 0.524 e. The molecule has 4 atom stereocenters. The van der Waals surface area contributed by atoms with Gasteiger partial charge in [0.2, 0.25) is 29.2 Å². The average Bonchev–Trinajstić information content (AvgIpc) is 1.52. The Morgan fingerprint density at radius 2 is 1.54 bits per heavy atom. The van der Waals surface area contributed by atoms with E-state index in [9.17, 15) is 76.6 Å². The smallest absolute Gasteiger partial charge is 0.404 e. The number of carbonyl (C=O) groups excluding carboxylic acids is 2. The first kappa shape index (κ1) is 66.6. The molecular weight excluding hydrogens is 1280 g/mol. The van der Waals surface area contributed by atoms with Crippen LogP contribution in [0.2, 0.25) is 5.02 Å². The van der Waals surface area contributed by atoms with Crippen LogP contribution >= 0.6 is 26.8 Å². The summed E-state index contributed by atoms with van der Waals surface area (Å²) in [6.07, 6.45) is -12.0. The van der Waals surface area contributed by atoms with Crippen LogP contribution in [0.3, 0.4) is 0 Å². The van der Waals surface area contributed by atoms with Crippen LogP contribution in [0.5, 0.6) is 5.75 Å². The first-order valence-electron chi connectivity index (χ1n) is 25.6. The van der Waals surface area contributed by atoms with Gasteiger partial charge in [-0.1, -0.05) is 43.5 Å². The third kappa shape index (κ3) is 14.4. The summed E-state index contributed by atoms with van der Waals surface area (Å²) in [5.41, 5.74) is -8.50. The largest absolute Gasteiger partial charge is 0.524 e.